The first-order valence-corrected chi connectivity index (χ1v) is 9.11. The third kappa shape index (κ3) is 4.43. The van der Waals surface area contributed by atoms with Gasteiger partial charge < -0.3 is 14.5 Å². The number of fused-ring (bicyclic) bond motifs is 1. The van der Waals surface area contributed by atoms with Gasteiger partial charge in [-0.1, -0.05) is 28.9 Å². The van der Waals surface area contributed by atoms with Crippen LogP contribution >= 0.6 is 15.9 Å². The van der Waals surface area contributed by atoms with Crippen LogP contribution in [0.5, 0.6) is 5.75 Å². The Hall–Kier alpha value is -2.93. The van der Waals surface area contributed by atoms with Gasteiger partial charge in [0.25, 0.3) is 5.91 Å². The fourth-order valence-corrected chi connectivity index (χ4v) is 2.83. The number of amides is 1. The number of halogens is 1. The molecular formula is C20H16BrNO5. The largest absolute Gasteiger partial charge is 0.423 e. The fraction of sp³-hybridized carbons (Fsp3) is 0.150. The molecule has 0 aliphatic heterocycles. The number of ether oxygens (including phenoxy) is 1. The maximum atomic E-state index is 12.2. The van der Waals surface area contributed by atoms with Gasteiger partial charge in [-0.3, -0.25) is 4.79 Å². The number of carbonyl (C=O) groups is 2. The highest BCUT2D eigenvalue weighted by Gasteiger charge is 2.15. The van der Waals surface area contributed by atoms with Crippen molar-refractivity contribution in [1.82, 2.24) is 5.32 Å². The molecular weight excluding hydrogens is 414 g/mol. The standard InChI is InChI=1S/C20H16BrNO5/c1-2-8-22-18(23)16-10-12-6-7-15(11-17(12)27-20(16)25)26-19(24)13-4-3-5-14(21)9-13/h3-7,9-11H,2,8H2,1H3,(H,22,23). The van der Waals surface area contributed by atoms with E-state index in [4.69, 9.17) is 9.15 Å². The van der Waals surface area contributed by atoms with Crippen molar-refractivity contribution < 1.29 is 18.7 Å². The van der Waals surface area contributed by atoms with E-state index in [1.54, 1.807) is 36.4 Å². The maximum Gasteiger partial charge on any atom is 0.349 e. The van der Waals surface area contributed by atoms with E-state index in [0.29, 0.717) is 17.5 Å². The summed E-state index contributed by atoms with van der Waals surface area (Å²) in [7, 11) is 0. The molecule has 138 valence electrons. The molecule has 3 aromatic rings. The van der Waals surface area contributed by atoms with E-state index < -0.39 is 17.5 Å². The van der Waals surface area contributed by atoms with E-state index in [1.807, 2.05) is 6.92 Å². The molecule has 1 heterocycles. The summed E-state index contributed by atoms with van der Waals surface area (Å²) in [4.78, 5) is 36.3. The predicted molar refractivity (Wildman–Crippen MR) is 104 cm³/mol. The van der Waals surface area contributed by atoms with Gasteiger partial charge in [0.1, 0.15) is 16.9 Å². The zero-order valence-corrected chi connectivity index (χ0v) is 16.0. The third-order valence-corrected chi connectivity index (χ3v) is 4.25. The summed E-state index contributed by atoms with van der Waals surface area (Å²) in [6.07, 6.45) is 0.761. The van der Waals surface area contributed by atoms with Crippen LogP contribution < -0.4 is 15.7 Å². The smallest absolute Gasteiger partial charge is 0.349 e. The Bertz CT molecular complexity index is 1070. The Labute approximate surface area is 163 Å². The van der Waals surface area contributed by atoms with Gasteiger partial charge in [0, 0.05) is 22.5 Å². The molecule has 2 aromatic carbocycles. The fourth-order valence-electron chi connectivity index (χ4n) is 2.43. The zero-order chi connectivity index (χ0) is 19.4. The molecule has 0 aliphatic carbocycles. The summed E-state index contributed by atoms with van der Waals surface area (Å²) in [5.41, 5.74) is -0.193. The van der Waals surface area contributed by atoms with Gasteiger partial charge in [0.2, 0.25) is 0 Å². The monoisotopic (exact) mass is 429 g/mol. The molecule has 0 fully saturated rings. The number of rotatable bonds is 5. The van der Waals surface area contributed by atoms with E-state index in [0.717, 1.165) is 10.9 Å². The molecule has 1 amide bonds. The summed E-state index contributed by atoms with van der Waals surface area (Å²) in [6.45, 7) is 2.39. The van der Waals surface area contributed by atoms with Gasteiger partial charge in [-0.15, -0.1) is 0 Å². The lowest BCUT2D eigenvalue weighted by atomic mass is 10.1. The molecule has 0 radical (unpaired) electrons. The number of nitrogens with one attached hydrogen (secondary N) is 1. The Morgan fingerprint density at radius 1 is 1.15 bits per heavy atom. The van der Waals surface area contributed by atoms with Crippen molar-refractivity contribution in [2.45, 2.75) is 13.3 Å². The van der Waals surface area contributed by atoms with E-state index in [1.165, 1.54) is 12.1 Å². The molecule has 0 spiro atoms. The quantitative estimate of drug-likeness (QED) is 0.377. The van der Waals surface area contributed by atoms with Gasteiger partial charge in [-0.05, 0) is 42.8 Å². The second kappa shape index (κ2) is 8.18. The minimum atomic E-state index is -0.744. The second-order valence-corrected chi connectivity index (χ2v) is 6.72. The van der Waals surface area contributed by atoms with Crippen LogP contribution in [-0.4, -0.2) is 18.4 Å². The number of benzene rings is 2. The number of carbonyl (C=O) groups excluding carboxylic acids is 2. The normalized spacial score (nSPS) is 10.6. The van der Waals surface area contributed by atoms with Crippen molar-refractivity contribution in [3.63, 3.8) is 0 Å². The zero-order valence-electron chi connectivity index (χ0n) is 14.5. The number of esters is 1. The van der Waals surface area contributed by atoms with Crippen molar-refractivity contribution in [2.24, 2.45) is 0 Å². The predicted octanol–water partition coefficient (Wildman–Crippen LogP) is 3.91. The number of hydrogen-bond donors (Lipinski definition) is 1. The molecule has 0 bridgehead atoms. The molecule has 0 atom stereocenters. The van der Waals surface area contributed by atoms with Crippen LogP contribution in [-0.2, 0) is 0 Å². The Kier molecular flexibility index (Phi) is 5.71. The third-order valence-electron chi connectivity index (χ3n) is 3.76. The highest BCUT2D eigenvalue weighted by molar-refractivity contribution is 9.10. The van der Waals surface area contributed by atoms with E-state index in [-0.39, 0.29) is 16.9 Å². The molecule has 0 saturated heterocycles. The van der Waals surface area contributed by atoms with Crippen LogP contribution in [0.15, 0.2) is 62.2 Å². The minimum absolute atomic E-state index is 0.0603. The molecule has 0 saturated carbocycles. The van der Waals surface area contributed by atoms with Crippen LogP contribution in [0.2, 0.25) is 0 Å². The minimum Gasteiger partial charge on any atom is -0.423 e. The first kappa shape index (κ1) is 18.8. The van der Waals surface area contributed by atoms with Crippen LogP contribution in [0.1, 0.15) is 34.1 Å². The van der Waals surface area contributed by atoms with Crippen LogP contribution in [0.25, 0.3) is 11.0 Å². The first-order chi connectivity index (χ1) is 13.0. The van der Waals surface area contributed by atoms with Crippen LogP contribution in [0, 0.1) is 0 Å². The van der Waals surface area contributed by atoms with Crippen molar-refractivity contribution >= 4 is 38.8 Å². The molecule has 1 aromatic heterocycles. The van der Waals surface area contributed by atoms with Gasteiger partial charge >= 0.3 is 11.6 Å². The highest BCUT2D eigenvalue weighted by atomic mass is 79.9. The summed E-state index contributed by atoms with van der Waals surface area (Å²) in [5, 5.41) is 3.20. The Morgan fingerprint density at radius 2 is 1.96 bits per heavy atom. The van der Waals surface area contributed by atoms with E-state index in [2.05, 4.69) is 21.2 Å². The van der Waals surface area contributed by atoms with Crippen molar-refractivity contribution in [2.75, 3.05) is 6.54 Å². The van der Waals surface area contributed by atoms with Gasteiger partial charge in [-0.25, -0.2) is 9.59 Å². The summed E-state index contributed by atoms with van der Waals surface area (Å²) >= 11 is 3.30. The molecule has 27 heavy (non-hydrogen) atoms. The topological polar surface area (TPSA) is 85.6 Å². The van der Waals surface area contributed by atoms with Crippen molar-refractivity contribution in [3.8, 4) is 5.75 Å². The van der Waals surface area contributed by atoms with Gasteiger partial charge in [0.05, 0.1) is 5.56 Å². The summed E-state index contributed by atoms with van der Waals surface area (Å²) in [6, 6.07) is 12.9. The summed E-state index contributed by atoms with van der Waals surface area (Å²) in [5.74, 6) is -0.773. The first-order valence-electron chi connectivity index (χ1n) is 8.32. The van der Waals surface area contributed by atoms with E-state index >= 15 is 0 Å². The van der Waals surface area contributed by atoms with E-state index in [9.17, 15) is 14.4 Å². The SMILES string of the molecule is CCCNC(=O)c1cc2ccc(OC(=O)c3cccc(Br)c3)cc2oc1=O. The molecule has 6 nitrogen and oxygen atoms in total. The number of hydrogen-bond acceptors (Lipinski definition) is 5. The highest BCUT2D eigenvalue weighted by Crippen LogP contribution is 2.22. The molecule has 3 rings (SSSR count). The van der Waals surface area contributed by atoms with Crippen LogP contribution in [0.4, 0.5) is 0 Å². The average molecular weight is 430 g/mol. The van der Waals surface area contributed by atoms with Gasteiger partial charge in [-0.2, -0.15) is 0 Å². The lowest BCUT2D eigenvalue weighted by Gasteiger charge is -2.07. The Balaban J connectivity index is 1.86. The molecule has 1 N–H and O–H groups in total. The molecule has 0 unspecified atom stereocenters. The van der Waals surface area contributed by atoms with Crippen molar-refractivity contribution in [3.05, 3.63) is 74.6 Å². The second-order valence-electron chi connectivity index (χ2n) is 5.80. The lowest BCUT2D eigenvalue weighted by Crippen LogP contribution is -2.28. The average Bonchev–Trinajstić information content (AvgIpc) is 2.65. The molecule has 0 aliphatic rings. The van der Waals surface area contributed by atoms with Crippen molar-refractivity contribution in [1.29, 1.82) is 0 Å². The lowest BCUT2D eigenvalue weighted by molar-refractivity contribution is 0.0734. The van der Waals surface area contributed by atoms with Gasteiger partial charge in [0.15, 0.2) is 0 Å². The molecule has 7 heteroatoms. The Morgan fingerprint density at radius 3 is 2.70 bits per heavy atom. The maximum absolute atomic E-state index is 12.2. The summed E-state index contributed by atoms with van der Waals surface area (Å²) < 4.78 is 11.3. The van der Waals surface area contributed by atoms with Crippen LogP contribution in [0.3, 0.4) is 0 Å².